The molecular weight excluding hydrogens is 569 g/mol. The Morgan fingerprint density at radius 2 is 1.65 bits per heavy atom. The Morgan fingerprint density at radius 1 is 1.05 bits per heavy atom. The molecule has 1 aliphatic heterocycles. The van der Waals surface area contributed by atoms with Gasteiger partial charge >= 0.3 is 5.69 Å². The molecule has 0 spiro atoms. The van der Waals surface area contributed by atoms with Gasteiger partial charge in [-0.3, -0.25) is 4.79 Å². The number of amides is 1. The van der Waals surface area contributed by atoms with E-state index in [-0.39, 0.29) is 51.8 Å². The number of hydrogen-bond acceptors (Lipinski definition) is 7. The fraction of sp³-hybridized carbons (Fsp3) is 0.375. The van der Waals surface area contributed by atoms with E-state index in [0.717, 1.165) is 0 Å². The maximum atomic E-state index is 15.1. The minimum atomic E-state index is -0.570. The molecular formula is C32H35ClFN7O2. The fourth-order valence-electron chi connectivity index (χ4n) is 5.88. The third-order valence-electron chi connectivity index (χ3n) is 7.78. The van der Waals surface area contributed by atoms with E-state index in [0.29, 0.717) is 41.4 Å². The monoisotopic (exact) mass is 603 g/mol. The summed E-state index contributed by atoms with van der Waals surface area (Å²) >= 11 is 6.83. The summed E-state index contributed by atoms with van der Waals surface area (Å²) in [4.78, 5) is 49.1. The summed E-state index contributed by atoms with van der Waals surface area (Å²) in [6.45, 7) is 16.4. The lowest BCUT2D eigenvalue weighted by Crippen LogP contribution is -2.58. The van der Waals surface area contributed by atoms with Crippen LogP contribution in [0.25, 0.3) is 28.0 Å². The quantitative estimate of drug-likeness (QED) is 0.254. The van der Waals surface area contributed by atoms with Gasteiger partial charge in [0.15, 0.2) is 5.65 Å². The van der Waals surface area contributed by atoms with Crippen molar-refractivity contribution < 1.29 is 9.18 Å². The van der Waals surface area contributed by atoms with E-state index in [1.54, 1.807) is 29.2 Å². The highest BCUT2D eigenvalue weighted by Gasteiger charge is 2.35. The van der Waals surface area contributed by atoms with Crippen LogP contribution in [0.4, 0.5) is 10.2 Å². The van der Waals surface area contributed by atoms with Crippen LogP contribution >= 0.6 is 11.6 Å². The number of pyridine rings is 1. The molecule has 0 N–H and O–H groups in total. The van der Waals surface area contributed by atoms with Gasteiger partial charge in [0.2, 0.25) is 5.91 Å². The maximum Gasteiger partial charge on any atom is 0.355 e. The van der Waals surface area contributed by atoms with Crippen LogP contribution in [0.3, 0.4) is 0 Å². The third kappa shape index (κ3) is 5.40. The highest BCUT2D eigenvalue weighted by atomic mass is 35.5. The van der Waals surface area contributed by atoms with E-state index in [9.17, 15) is 9.59 Å². The van der Waals surface area contributed by atoms with Crippen LogP contribution in [-0.4, -0.2) is 60.5 Å². The summed E-state index contributed by atoms with van der Waals surface area (Å²) in [5, 5.41) is 0.726. The van der Waals surface area contributed by atoms with Gasteiger partial charge in [-0.1, -0.05) is 58.0 Å². The number of fused-ring (bicyclic) bond motifs is 1. The molecule has 4 heterocycles. The number of carbonyl (C=O) groups is 1. The van der Waals surface area contributed by atoms with Gasteiger partial charge in [-0.2, -0.15) is 4.98 Å². The normalized spacial score (nSPS) is 17.3. The average Bonchev–Trinajstić information content (AvgIpc) is 2.96. The zero-order chi connectivity index (χ0) is 31.2. The fourth-order valence-corrected chi connectivity index (χ4v) is 6.13. The predicted molar refractivity (Wildman–Crippen MR) is 167 cm³/mol. The van der Waals surface area contributed by atoms with Crippen LogP contribution < -0.4 is 10.6 Å². The number of benzene rings is 1. The number of rotatable bonds is 6. The first-order valence-corrected chi connectivity index (χ1v) is 14.7. The van der Waals surface area contributed by atoms with Crippen LogP contribution in [0, 0.1) is 5.82 Å². The van der Waals surface area contributed by atoms with Gasteiger partial charge in [-0.15, -0.1) is 0 Å². The number of nitrogens with zero attached hydrogens (tertiary/aromatic N) is 7. The van der Waals surface area contributed by atoms with E-state index in [1.807, 2.05) is 46.4 Å². The van der Waals surface area contributed by atoms with Crippen LogP contribution in [0.5, 0.6) is 0 Å². The summed E-state index contributed by atoms with van der Waals surface area (Å²) in [5.74, 6) is -0.349. The number of anilines is 1. The summed E-state index contributed by atoms with van der Waals surface area (Å²) in [5.41, 5.74) is 1.95. The average molecular weight is 604 g/mol. The Balaban J connectivity index is 1.87. The van der Waals surface area contributed by atoms with Crippen molar-refractivity contribution in [2.45, 2.75) is 65.5 Å². The van der Waals surface area contributed by atoms with Crippen molar-refractivity contribution >= 4 is 34.4 Å². The van der Waals surface area contributed by atoms with E-state index in [4.69, 9.17) is 16.6 Å². The molecule has 1 saturated heterocycles. The topological polar surface area (TPSA) is 97.1 Å². The first kappa shape index (κ1) is 30.3. The second-order valence-corrected chi connectivity index (χ2v) is 12.0. The van der Waals surface area contributed by atoms with E-state index in [2.05, 4.69) is 21.5 Å². The largest absolute Gasteiger partial charge is 0.355 e. The Labute approximate surface area is 255 Å². The van der Waals surface area contributed by atoms with Gasteiger partial charge < -0.3 is 9.80 Å². The lowest BCUT2D eigenvalue weighted by atomic mass is 10.0. The van der Waals surface area contributed by atoms with E-state index >= 15 is 4.39 Å². The van der Waals surface area contributed by atoms with Crippen LogP contribution in [0.1, 0.15) is 64.8 Å². The summed E-state index contributed by atoms with van der Waals surface area (Å²) in [7, 11) is 0. The Morgan fingerprint density at radius 3 is 2.21 bits per heavy atom. The molecule has 0 radical (unpaired) electrons. The molecule has 9 nitrogen and oxygen atoms in total. The Bertz CT molecular complexity index is 1750. The van der Waals surface area contributed by atoms with Gasteiger partial charge in [0.05, 0.1) is 33.2 Å². The van der Waals surface area contributed by atoms with Crippen molar-refractivity contribution in [1.29, 1.82) is 0 Å². The molecule has 4 aromatic rings. The van der Waals surface area contributed by atoms with E-state index in [1.165, 1.54) is 23.0 Å². The SMILES string of the molecule is C=CC(=O)N1C[C@@H](C)N(c2nc(=O)n(-c3c(C(C)C)ncnc3C(C)C)c3nc(-c4ccccc4F)c(Cl)cc23)[C@@H](C)C1. The molecule has 5 rings (SSSR count). The molecule has 0 aliphatic carbocycles. The predicted octanol–water partition coefficient (Wildman–Crippen LogP) is 5.89. The van der Waals surface area contributed by atoms with Gasteiger partial charge in [0.25, 0.3) is 0 Å². The zero-order valence-corrected chi connectivity index (χ0v) is 25.9. The van der Waals surface area contributed by atoms with Gasteiger partial charge in [-0.05, 0) is 50.0 Å². The zero-order valence-electron chi connectivity index (χ0n) is 25.2. The van der Waals surface area contributed by atoms with E-state index < -0.39 is 11.5 Å². The first-order chi connectivity index (χ1) is 20.4. The number of aromatic nitrogens is 5. The molecule has 0 bridgehead atoms. The van der Waals surface area contributed by atoms with Gasteiger partial charge in [-0.25, -0.2) is 28.7 Å². The smallest absolute Gasteiger partial charge is 0.347 e. The van der Waals surface area contributed by atoms with Crippen molar-refractivity contribution in [3.8, 4) is 16.9 Å². The highest BCUT2D eigenvalue weighted by molar-refractivity contribution is 6.33. The lowest BCUT2D eigenvalue weighted by molar-refractivity contribution is -0.127. The standard InChI is InChI=1S/C32H35ClFN7O2/c1-8-25(42)39-14-19(6)40(20(7)15-39)31-22-13-23(33)28(21-11-9-10-12-24(21)34)37-30(22)41(32(43)38-31)29-26(17(2)3)35-16-36-27(29)18(4)5/h8-13,16-20H,1,14-15H2,2-7H3/t19-,20+. The maximum absolute atomic E-state index is 15.1. The van der Waals surface area contributed by atoms with Crippen LogP contribution in [0.15, 0.2) is 54.1 Å². The lowest BCUT2D eigenvalue weighted by Gasteiger charge is -2.45. The summed E-state index contributed by atoms with van der Waals surface area (Å²) in [6.07, 6.45) is 2.81. The van der Waals surface area contributed by atoms with Crippen LogP contribution in [0.2, 0.25) is 5.02 Å². The minimum Gasteiger partial charge on any atom is -0.347 e. The van der Waals surface area contributed by atoms with Crippen LogP contribution in [-0.2, 0) is 4.79 Å². The minimum absolute atomic E-state index is 0.0500. The molecule has 0 saturated carbocycles. The van der Waals surface area contributed by atoms with Crippen molar-refractivity contribution in [1.82, 2.24) is 29.4 Å². The molecule has 3 aromatic heterocycles. The van der Waals surface area contributed by atoms with Gasteiger partial charge in [0.1, 0.15) is 18.0 Å². The number of halogens is 2. The van der Waals surface area contributed by atoms with Crippen molar-refractivity contribution in [2.75, 3.05) is 18.0 Å². The summed E-state index contributed by atoms with van der Waals surface area (Å²) in [6, 6.07) is 7.55. The second kappa shape index (κ2) is 11.8. The summed E-state index contributed by atoms with van der Waals surface area (Å²) < 4.78 is 16.5. The Hall–Kier alpha value is -4.18. The molecule has 1 aromatic carbocycles. The molecule has 0 unspecified atom stereocenters. The first-order valence-electron chi connectivity index (χ1n) is 14.4. The highest BCUT2D eigenvalue weighted by Crippen LogP contribution is 2.37. The number of carbonyl (C=O) groups excluding carboxylic acids is 1. The molecule has 43 heavy (non-hydrogen) atoms. The second-order valence-electron chi connectivity index (χ2n) is 11.6. The van der Waals surface area contributed by atoms with Crippen molar-refractivity contribution in [2.24, 2.45) is 0 Å². The molecule has 1 fully saturated rings. The van der Waals surface area contributed by atoms with Crippen molar-refractivity contribution in [3.63, 3.8) is 0 Å². The molecule has 2 atom stereocenters. The number of piperazine rings is 1. The molecule has 224 valence electrons. The number of hydrogen-bond donors (Lipinski definition) is 0. The third-order valence-corrected chi connectivity index (χ3v) is 8.06. The van der Waals surface area contributed by atoms with Crippen molar-refractivity contribution in [3.05, 3.63) is 82.0 Å². The Kier molecular flexibility index (Phi) is 8.34. The van der Waals surface area contributed by atoms with Gasteiger partial charge in [0, 0.05) is 30.7 Å². The molecule has 1 aliphatic rings. The molecule has 1 amide bonds. The molecule has 11 heteroatoms.